The maximum absolute atomic E-state index is 5.20. The zero-order valence-electron chi connectivity index (χ0n) is 10.7. The molecule has 2 unspecified atom stereocenters. The lowest BCUT2D eigenvalue weighted by atomic mass is 10.0. The highest BCUT2D eigenvalue weighted by Gasteiger charge is 2.23. The summed E-state index contributed by atoms with van der Waals surface area (Å²) in [5.41, 5.74) is 0. The summed E-state index contributed by atoms with van der Waals surface area (Å²) in [5.74, 6) is 1.71. The highest BCUT2D eigenvalue weighted by atomic mass is 16.5. The zero-order chi connectivity index (χ0) is 12.1. The molecule has 0 saturated carbocycles. The summed E-state index contributed by atoms with van der Waals surface area (Å²) >= 11 is 0. The van der Waals surface area contributed by atoms with Crippen LogP contribution in [0.15, 0.2) is 4.52 Å². The Morgan fingerprint density at radius 3 is 2.50 bits per heavy atom. The van der Waals surface area contributed by atoms with Gasteiger partial charge in [-0.05, 0) is 19.8 Å². The smallest absolute Gasteiger partial charge is 0.244 e. The van der Waals surface area contributed by atoms with Gasteiger partial charge in [-0.25, -0.2) is 0 Å². The van der Waals surface area contributed by atoms with Crippen molar-refractivity contribution in [3.8, 4) is 0 Å². The Labute approximate surface area is 96.6 Å². The molecule has 5 heteroatoms. The number of aromatic nitrogens is 2. The van der Waals surface area contributed by atoms with Gasteiger partial charge >= 0.3 is 0 Å². The van der Waals surface area contributed by atoms with E-state index in [-0.39, 0.29) is 12.1 Å². The van der Waals surface area contributed by atoms with Crippen LogP contribution in [0.1, 0.15) is 38.5 Å². The average Bonchev–Trinajstić information content (AvgIpc) is 2.61. The molecule has 0 bridgehead atoms. The molecular formula is C11H21N3O2. The van der Waals surface area contributed by atoms with Gasteiger partial charge in [0.25, 0.3) is 0 Å². The number of ether oxygens (including phenoxy) is 1. The second kappa shape index (κ2) is 5.96. The molecule has 2 atom stereocenters. The molecule has 1 aromatic heterocycles. The van der Waals surface area contributed by atoms with Crippen molar-refractivity contribution >= 4 is 0 Å². The van der Waals surface area contributed by atoms with Gasteiger partial charge in [0.1, 0.15) is 0 Å². The fraction of sp³-hybridized carbons (Fsp3) is 0.818. The number of nitrogens with zero attached hydrogens (tertiary/aromatic N) is 2. The summed E-state index contributed by atoms with van der Waals surface area (Å²) in [4.78, 5) is 4.26. The second-order valence-electron chi connectivity index (χ2n) is 4.42. The fourth-order valence-corrected chi connectivity index (χ4v) is 1.59. The van der Waals surface area contributed by atoms with E-state index in [9.17, 15) is 0 Å². The van der Waals surface area contributed by atoms with Crippen LogP contribution in [0, 0.1) is 12.8 Å². The third kappa shape index (κ3) is 3.57. The fourth-order valence-electron chi connectivity index (χ4n) is 1.59. The topological polar surface area (TPSA) is 60.2 Å². The normalized spacial score (nSPS) is 15.4. The molecule has 0 radical (unpaired) electrons. The Balaban J connectivity index is 2.68. The van der Waals surface area contributed by atoms with Crippen LogP contribution in [0.2, 0.25) is 0 Å². The van der Waals surface area contributed by atoms with E-state index in [0.717, 1.165) is 0 Å². The first-order chi connectivity index (χ1) is 7.54. The maximum atomic E-state index is 5.20. The van der Waals surface area contributed by atoms with E-state index in [4.69, 9.17) is 9.26 Å². The van der Waals surface area contributed by atoms with Crippen LogP contribution in [0.3, 0.4) is 0 Å². The first-order valence-corrected chi connectivity index (χ1v) is 5.59. The van der Waals surface area contributed by atoms with Crippen LogP contribution in [0.4, 0.5) is 0 Å². The number of hydrogen-bond acceptors (Lipinski definition) is 5. The average molecular weight is 227 g/mol. The molecule has 0 aliphatic heterocycles. The van der Waals surface area contributed by atoms with Crippen LogP contribution in [0.5, 0.6) is 0 Å². The third-order valence-corrected chi connectivity index (χ3v) is 2.36. The molecule has 0 saturated heterocycles. The maximum Gasteiger partial charge on any atom is 0.244 e. The minimum Gasteiger partial charge on any atom is -0.383 e. The van der Waals surface area contributed by atoms with Crippen molar-refractivity contribution in [1.82, 2.24) is 15.5 Å². The molecule has 1 N–H and O–H groups in total. The van der Waals surface area contributed by atoms with Gasteiger partial charge in [0.05, 0.1) is 12.6 Å². The van der Waals surface area contributed by atoms with Crippen molar-refractivity contribution in [3.63, 3.8) is 0 Å². The number of methoxy groups -OCH3 is 1. The summed E-state index contributed by atoms with van der Waals surface area (Å²) in [7, 11) is 1.69. The SMILES string of the molecule is COCC(C)NC(c1nc(C)no1)C(C)C. The van der Waals surface area contributed by atoms with Gasteiger partial charge in [-0.3, -0.25) is 0 Å². The molecule has 1 rings (SSSR count). The highest BCUT2D eigenvalue weighted by Crippen LogP contribution is 2.20. The summed E-state index contributed by atoms with van der Waals surface area (Å²) in [6, 6.07) is 0.330. The molecule has 0 spiro atoms. The molecule has 16 heavy (non-hydrogen) atoms. The predicted molar refractivity (Wildman–Crippen MR) is 61.1 cm³/mol. The molecule has 92 valence electrons. The van der Waals surface area contributed by atoms with Crippen molar-refractivity contribution in [2.75, 3.05) is 13.7 Å². The Morgan fingerprint density at radius 1 is 1.38 bits per heavy atom. The number of rotatable bonds is 6. The molecule has 5 nitrogen and oxygen atoms in total. The van der Waals surface area contributed by atoms with Gasteiger partial charge in [0.2, 0.25) is 5.89 Å². The van der Waals surface area contributed by atoms with Crippen LogP contribution >= 0.6 is 0 Å². The van der Waals surface area contributed by atoms with Crippen molar-refractivity contribution < 1.29 is 9.26 Å². The third-order valence-electron chi connectivity index (χ3n) is 2.36. The molecule has 0 aliphatic carbocycles. The lowest BCUT2D eigenvalue weighted by Gasteiger charge is -2.22. The van der Waals surface area contributed by atoms with E-state index in [2.05, 4.69) is 36.2 Å². The molecule has 0 amide bonds. The molecular weight excluding hydrogens is 206 g/mol. The Kier molecular flexibility index (Phi) is 4.89. The molecule has 0 aromatic carbocycles. The summed E-state index contributed by atoms with van der Waals surface area (Å²) in [6.45, 7) is 8.80. The Bertz CT molecular complexity index is 312. The monoisotopic (exact) mass is 227 g/mol. The minimum atomic E-state index is 0.0753. The lowest BCUT2D eigenvalue weighted by Crippen LogP contribution is -2.36. The van der Waals surface area contributed by atoms with Gasteiger partial charge in [-0.15, -0.1) is 0 Å². The van der Waals surface area contributed by atoms with Crippen LogP contribution in [-0.2, 0) is 4.74 Å². The first-order valence-electron chi connectivity index (χ1n) is 5.59. The van der Waals surface area contributed by atoms with E-state index in [1.807, 2.05) is 6.92 Å². The van der Waals surface area contributed by atoms with Crippen molar-refractivity contribution in [2.45, 2.75) is 39.8 Å². The minimum absolute atomic E-state index is 0.0753. The Hall–Kier alpha value is -0.940. The van der Waals surface area contributed by atoms with Gasteiger partial charge in [-0.1, -0.05) is 19.0 Å². The molecule has 0 aliphatic rings. The van der Waals surface area contributed by atoms with Crippen molar-refractivity contribution in [1.29, 1.82) is 0 Å². The largest absolute Gasteiger partial charge is 0.383 e. The summed E-state index contributed by atoms with van der Waals surface area (Å²) in [6.07, 6.45) is 0. The summed E-state index contributed by atoms with van der Waals surface area (Å²) < 4.78 is 10.3. The van der Waals surface area contributed by atoms with Gasteiger partial charge < -0.3 is 14.6 Å². The highest BCUT2D eigenvalue weighted by molar-refractivity contribution is 4.93. The van der Waals surface area contributed by atoms with E-state index in [0.29, 0.717) is 24.2 Å². The number of hydrogen-bond donors (Lipinski definition) is 1. The van der Waals surface area contributed by atoms with Crippen molar-refractivity contribution in [2.24, 2.45) is 5.92 Å². The van der Waals surface area contributed by atoms with Gasteiger partial charge in [0, 0.05) is 13.2 Å². The first kappa shape index (κ1) is 13.1. The predicted octanol–water partition coefficient (Wildman–Crippen LogP) is 1.70. The Morgan fingerprint density at radius 2 is 2.06 bits per heavy atom. The molecule has 0 fully saturated rings. The van der Waals surface area contributed by atoms with Crippen LogP contribution in [-0.4, -0.2) is 29.9 Å². The molecule has 1 heterocycles. The van der Waals surface area contributed by atoms with E-state index < -0.39 is 0 Å². The van der Waals surface area contributed by atoms with Crippen molar-refractivity contribution in [3.05, 3.63) is 11.7 Å². The van der Waals surface area contributed by atoms with E-state index >= 15 is 0 Å². The quantitative estimate of drug-likeness (QED) is 0.801. The molecule has 1 aromatic rings. The second-order valence-corrected chi connectivity index (χ2v) is 4.42. The zero-order valence-corrected chi connectivity index (χ0v) is 10.7. The van der Waals surface area contributed by atoms with E-state index in [1.54, 1.807) is 7.11 Å². The van der Waals surface area contributed by atoms with Gasteiger partial charge in [-0.2, -0.15) is 4.98 Å². The van der Waals surface area contributed by atoms with E-state index in [1.165, 1.54) is 0 Å². The van der Waals surface area contributed by atoms with Gasteiger partial charge in [0.15, 0.2) is 5.82 Å². The number of aryl methyl sites for hydroxylation is 1. The van der Waals surface area contributed by atoms with Crippen LogP contribution in [0.25, 0.3) is 0 Å². The lowest BCUT2D eigenvalue weighted by molar-refractivity contribution is 0.155. The summed E-state index contributed by atoms with van der Waals surface area (Å²) in [5, 5.41) is 7.24. The van der Waals surface area contributed by atoms with Crippen LogP contribution < -0.4 is 5.32 Å². The number of nitrogens with one attached hydrogen (secondary N) is 1. The standard InChI is InChI=1S/C11H21N3O2/c1-7(2)10(12-8(3)6-15-5)11-13-9(4)14-16-11/h7-8,10,12H,6H2,1-5H3.